The Morgan fingerprint density at radius 2 is 2.08 bits per heavy atom. The number of hydrogen-bond acceptors (Lipinski definition) is 5. The highest BCUT2D eigenvalue weighted by molar-refractivity contribution is 5.99. The van der Waals surface area contributed by atoms with Crippen molar-refractivity contribution in [2.24, 2.45) is 0 Å². The second-order valence-electron chi connectivity index (χ2n) is 7.54. The molecule has 0 saturated carbocycles. The van der Waals surface area contributed by atoms with Gasteiger partial charge in [-0.2, -0.15) is 0 Å². The van der Waals surface area contributed by atoms with Crippen molar-refractivity contribution in [3.63, 3.8) is 0 Å². The van der Waals surface area contributed by atoms with E-state index in [-0.39, 0.29) is 17.9 Å². The number of amides is 2. The second-order valence-corrected chi connectivity index (χ2v) is 7.54. The Labute approximate surface area is 146 Å². The van der Waals surface area contributed by atoms with E-state index in [0.29, 0.717) is 31.5 Å². The fourth-order valence-electron chi connectivity index (χ4n) is 4.75. The summed E-state index contributed by atoms with van der Waals surface area (Å²) in [6, 6.07) is 6.86. The lowest BCUT2D eigenvalue weighted by atomic mass is 10.0. The Balaban J connectivity index is 1.38. The van der Waals surface area contributed by atoms with Gasteiger partial charge in [0, 0.05) is 49.4 Å². The molecule has 4 aliphatic heterocycles. The number of aliphatic hydroxyl groups excluding tert-OH is 1. The van der Waals surface area contributed by atoms with Crippen LogP contribution in [0.2, 0.25) is 0 Å². The first-order valence-corrected chi connectivity index (χ1v) is 9.01. The number of nitrogens with zero attached hydrogens (tertiary/aromatic N) is 2. The van der Waals surface area contributed by atoms with Gasteiger partial charge in [0.1, 0.15) is 6.23 Å². The summed E-state index contributed by atoms with van der Waals surface area (Å²) in [7, 11) is 0. The maximum absolute atomic E-state index is 12.8. The van der Waals surface area contributed by atoms with Gasteiger partial charge in [0.2, 0.25) is 5.91 Å². The fraction of sp³-hybridized carbons (Fsp3) is 0.556. The number of carbonyl (C=O) groups excluding carboxylic acids is 2. The summed E-state index contributed by atoms with van der Waals surface area (Å²) in [4.78, 5) is 28.3. The first-order chi connectivity index (χ1) is 12.1. The van der Waals surface area contributed by atoms with Gasteiger partial charge in [0.15, 0.2) is 0 Å². The third kappa shape index (κ3) is 2.33. The van der Waals surface area contributed by atoms with Crippen LogP contribution in [0.25, 0.3) is 0 Å². The van der Waals surface area contributed by atoms with Gasteiger partial charge < -0.3 is 25.5 Å². The molecule has 4 heterocycles. The van der Waals surface area contributed by atoms with Crippen molar-refractivity contribution in [3.8, 4) is 0 Å². The van der Waals surface area contributed by atoms with Crippen molar-refractivity contribution < 1.29 is 14.7 Å². The summed E-state index contributed by atoms with van der Waals surface area (Å²) < 4.78 is 0. The quantitative estimate of drug-likeness (QED) is 0.693. The smallest absolute Gasteiger partial charge is 0.254 e. The van der Waals surface area contributed by atoms with E-state index in [1.54, 1.807) is 4.90 Å². The van der Waals surface area contributed by atoms with Crippen LogP contribution in [0.3, 0.4) is 0 Å². The highest BCUT2D eigenvalue weighted by atomic mass is 16.3. The van der Waals surface area contributed by atoms with E-state index in [2.05, 4.69) is 21.6 Å². The molecular formula is C18H22N4O3. The van der Waals surface area contributed by atoms with E-state index in [0.717, 1.165) is 24.2 Å². The van der Waals surface area contributed by atoms with Gasteiger partial charge in [0.05, 0.1) is 6.04 Å². The van der Waals surface area contributed by atoms with Gasteiger partial charge in [-0.3, -0.25) is 9.59 Å². The van der Waals surface area contributed by atoms with Gasteiger partial charge in [-0.25, -0.2) is 0 Å². The molecule has 0 radical (unpaired) electrons. The SMILES string of the molecule is O=C1CCC(N2Cc3cc(N4CC5CC4CN5)ccc3C2=O)C(O)N1. The molecule has 4 unspecified atom stereocenters. The van der Waals surface area contributed by atoms with E-state index in [4.69, 9.17) is 0 Å². The standard InChI is InChI=1S/C18H22N4O3/c23-16-4-3-15(17(24)20-16)22-8-10-5-12(1-2-14(10)18(22)25)21-9-11-6-13(21)7-19-11/h1-2,5,11,13,15,17,19,24H,3-4,6-9H2,(H,20,23). The Hall–Kier alpha value is -2.12. The molecule has 3 fully saturated rings. The third-order valence-corrected chi connectivity index (χ3v) is 6.05. The molecule has 3 N–H and O–H groups in total. The number of aliphatic hydroxyl groups is 1. The number of fused-ring (bicyclic) bond motifs is 3. The number of hydrogen-bond donors (Lipinski definition) is 3. The Morgan fingerprint density at radius 1 is 1.20 bits per heavy atom. The molecule has 25 heavy (non-hydrogen) atoms. The predicted molar refractivity (Wildman–Crippen MR) is 91.0 cm³/mol. The summed E-state index contributed by atoms with van der Waals surface area (Å²) >= 11 is 0. The zero-order valence-corrected chi connectivity index (χ0v) is 13.9. The highest BCUT2D eigenvalue weighted by Crippen LogP contribution is 2.34. The van der Waals surface area contributed by atoms with Crippen molar-refractivity contribution in [1.82, 2.24) is 15.5 Å². The van der Waals surface area contributed by atoms with Crippen molar-refractivity contribution in [3.05, 3.63) is 29.3 Å². The average molecular weight is 342 g/mol. The second kappa shape index (κ2) is 5.44. The van der Waals surface area contributed by atoms with Crippen LogP contribution < -0.4 is 15.5 Å². The fourth-order valence-corrected chi connectivity index (χ4v) is 4.75. The van der Waals surface area contributed by atoms with Crippen LogP contribution in [0.4, 0.5) is 5.69 Å². The Morgan fingerprint density at radius 3 is 2.80 bits per heavy atom. The van der Waals surface area contributed by atoms with Crippen LogP contribution in [0.5, 0.6) is 0 Å². The molecule has 4 aliphatic rings. The highest BCUT2D eigenvalue weighted by Gasteiger charge is 2.41. The molecule has 2 bridgehead atoms. The number of piperazine rings is 1. The van der Waals surface area contributed by atoms with E-state index in [9.17, 15) is 14.7 Å². The van der Waals surface area contributed by atoms with Gasteiger partial charge in [0.25, 0.3) is 5.91 Å². The molecule has 5 rings (SSSR count). The Bertz CT molecular complexity index is 752. The molecule has 2 amide bonds. The Kier molecular flexibility index (Phi) is 3.30. The zero-order valence-electron chi connectivity index (χ0n) is 13.9. The summed E-state index contributed by atoms with van der Waals surface area (Å²) in [6.07, 6.45) is 1.05. The summed E-state index contributed by atoms with van der Waals surface area (Å²) in [5, 5.41) is 16.2. The maximum atomic E-state index is 12.8. The minimum atomic E-state index is -0.987. The molecule has 1 aromatic carbocycles. The van der Waals surface area contributed by atoms with Crippen molar-refractivity contribution in [1.29, 1.82) is 0 Å². The van der Waals surface area contributed by atoms with Gasteiger partial charge in [-0.15, -0.1) is 0 Å². The van der Waals surface area contributed by atoms with E-state index in [1.807, 2.05) is 12.1 Å². The molecule has 1 aromatic rings. The molecule has 0 aromatic heterocycles. The molecule has 7 nitrogen and oxygen atoms in total. The van der Waals surface area contributed by atoms with Gasteiger partial charge >= 0.3 is 0 Å². The number of anilines is 1. The molecule has 4 atom stereocenters. The summed E-state index contributed by atoms with van der Waals surface area (Å²) in [5.41, 5.74) is 2.91. The van der Waals surface area contributed by atoms with Crippen molar-refractivity contribution in [2.75, 3.05) is 18.0 Å². The number of nitrogens with one attached hydrogen (secondary N) is 2. The lowest BCUT2D eigenvalue weighted by Crippen LogP contribution is -2.55. The number of piperidine rings is 1. The monoisotopic (exact) mass is 342 g/mol. The molecule has 132 valence electrons. The summed E-state index contributed by atoms with van der Waals surface area (Å²) in [5.74, 6) is -0.209. The number of benzene rings is 1. The van der Waals surface area contributed by atoms with Crippen molar-refractivity contribution in [2.45, 2.75) is 50.2 Å². The van der Waals surface area contributed by atoms with Crippen LogP contribution in [-0.2, 0) is 11.3 Å². The first kappa shape index (κ1) is 15.2. The molecule has 0 aliphatic carbocycles. The first-order valence-electron chi connectivity index (χ1n) is 9.01. The van der Waals surface area contributed by atoms with E-state index >= 15 is 0 Å². The van der Waals surface area contributed by atoms with Crippen LogP contribution in [-0.4, -0.2) is 59.3 Å². The van der Waals surface area contributed by atoms with E-state index < -0.39 is 6.23 Å². The lowest BCUT2D eigenvalue weighted by molar-refractivity contribution is -0.129. The molecule has 0 spiro atoms. The van der Waals surface area contributed by atoms with Crippen LogP contribution in [0, 0.1) is 0 Å². The topological polar surface area (TPSA) is 84.9 Å². The minimum Gasteiger partial charge on any atom is -0.372 e. The molecular weight excluding hydrogens is 320 g/mol. The normalized spacial score (nSPS) is 33.8. The minimum absolute atomic E-state index is 0.0497. The van der Waals surface area contributed by atoms with Gasteiger partial charge in [-0.1, -0.05) is 0 Å². The van der Waals surface area contributed by atoms with Crippen LogP contribution in [0.15, 0.2) is 18.2 Å². The van der Waals surface area contributed by atoms with Crippen LogP contribution >= 0.6 is 0 Å². The number of carbonyl (C=O) groups is 2. The predicted octanol–water partition coefficient (Wildman–Crippen LogP) is -0.210. The lowest BCUT2D eigenvalue weighted by Gasteiger charge is -2.35. The van der Waals surface area contributed by atoms with Crippen LogP contribution in [0.1, 0.15) is 35.2 Å². The molecule has 7 heteroatoms. The van der Waals surface area contributed by atoms with E-state index in [1.165, 1.54) is 12.1 Å². The van der Waals surface area contributed by atoms with Crippen molar-refractivity contribution >= 4 is 17.5 Å². The average Bonchev–Trinajstić information content (AvgIpc) is 3.30. The summed E-state index contributed by atoms with van der Waals surface area (Å²) in [6.45, 7) is 2.55. The third-order valence-electron chi connectivity index (χ3n) is 6.05. The van der Waals surface area contributed by atoms with Gasteiger partial charge in [-0.05, 0) is 36.6 Å². The maximum Gasteiger partial charge on any atom is 0.254 e. The largest absolute Gasteiger partial charge is 0.372 e. The number of rotatable bonds is 2. The molecule has 3 saturated heterocycles. The zero-order chi connectivity index (χ0) is 17.1.